The van der Waals surface area contributed by atoms with Crippen molar-refractivity contribution in [2.75, 3.05) is 0 Å². The summed E-state index contributed by atoms with van der Waals surface area (Å²) in [6, 6.07) is -1.67. The molecule has 0 fully saturated rings. The number of hydrogen-bond acceptors (Lipinski definition) is 3. The van der Waals surface area contributed by atoms with Gasteiger partial charge >= 0.3 is 6.09 Å². The maximum Gasteiger partial charge on any atom is 0.407 e. The van der Waals surface area contributed by atoms with E-state index in [1.165, 1.54) is 0 Å². The topological polar surface area (TPSA) is 64.3 Å². The zero-order valence-electron chi connectivity index (χ0n) is 11.7. The van der Waals surface area contributed by atoms with Gasteiger partial charge < -0.3 is 15.8 Å². The molecule has 18 heavy (non-hydrogen) atoms. The predicted octanol–water partition coefficient (Wildman–Crippen LogP) is 2.52. The third kappa shape index (κ3) is 7.42. The first-order chi connectivity index (χ1) is 8.03. The van der Waals surface area contributed by atoms with Gasteiger partial charge in [-0.1, -0.05) is 13.8 Å². The first-order valence-corrected chi connectivity index (χ1v) is 6.06. The van der Waals surface area contributed by atoms with Crippen LogP contribution in [-0.2, 0) is 4.74 Å². The number of nitrogens with one attached hydrogen (secondary N) is 1. The normalized spacial score (nSPS) is 15.7. The second-order valence-corrected chi connectivity index (χ2v) is 5.73. The Morgan fingerprint density at radius 2 is 1.83 bits per heavy atom. The number of halogens is 2. The summed E-state index contributed by atoms with van der Waals surface area (Å²) in [4.78, 5) is 11.6. The molecule has 0 radical (unpaired) electrons. The zero-order valence-corrected chi connectivity index (χ0v) is 11.7. The number of nitrogens with two attached hydrogens (primary N) is 1. The van der Waals surface area contributed by atoms with E-state index in [2.05, 4.69) is 5.32 Å². The van der Waals surface area contributed by atoms with E-state index in [9.17, 15) is 13.6 Å². The van der Waals surface area contributed by atoms with Gasteiger partial charge in [0.05, 0.1) is 6.04 Å². The molecule has 0 spiro atoms. The number of alkyl carbamates (subject to hydrolysis) is 1. The lowest BCUT2D eigenvalue weighted by Gasteiger charge is -2.27. The van der Waals surface area contributed by atoms with Gasteiger partial charge in [-0.25, -0.2) is 13.6 Å². The van der Waals surface area contributed by atoms with Crippen LogP contribution in [0.5, 0.6) is 0 Å². The summed E-state index contributed by atoms with van der Waals surface area (Å²) in [5.74, 6) is 0.00215. The molecular formula is C12H24F2N2O2. The van der Waals surface area contributed by atoms with Crippen molar-refractivity contribution in [1.29, 1.82) is 0 Å². The van der Waals surface area contributed by atoms with Crippen molar-refractivity contribution in [1.82, 2.24) is 5.32 Å². The first kappa shape index (κ1) is 17.1. The molecule has 0 aliphatic heterocycles. The average molecular weight is 266 g/mol. The second-order valence-electron chi connectivity index (χ2n) is 5.73. The third-order valence-electron chi connectivity index (χ3n) is 2.36. The fourth-order valence-corrected chi connectivity index (χ4v) is 1.35. The van der Waals surface area contributed by atoms with Gasteiger partial charge in [-0.05, 0) is 33.1 Å². The van der Waals surface area contributed by atoms with Crippen LogP contribution in [0.2, 0.25) is 0 Å². The Balaban J connectivity index is 4.41. The summed E-state index contributed by atoms with van der Waals surface area (Å²) < 4.78 is 29.9. The Kier molecular flexibility index (Phi) is 6.52. The summed E-state index contributed by atoms with van der Waals surface area (Å²) in [5, 5.41) is 2.58. The number of carbonyl (C=O) groups is 1. The average Bonchev–Trinajstić information content (AvgIpc) is 2.12. The monoisotopic (exact) mass is 266 g/mol. The minimum absolute atomic E-state index is 0.00215. The molecule has 2 unspecified atom stereocenters. The van der Waals surface area contributed by atoms with Crippen molar-refractivity contribution in [3.05, 3.63) is 0 Å². The summed E-state index contributed by atoms with van der Waals surface area (Å²) in [6.07, 6.45) is -3.18. The molecular weight excluding hydrogens is 242 g/mol. The van der Waals surface area contributed by atoms with Gasteiger partial charge in [-0.2, -0.15) is 0 Å². The molecule has 0 heterocycles. The van der Waals surface area contributed by atoms with E-state index in [0.717, 1.165) is 0 Å². The van der Waals surface area contributed by atoms with Crippen molar-refractivity contribution < 1.29 is 18.3 Å². The molecule has 0 saturated carbocycles. The number of alkyl halides is 2. The lowest BCUT2D eigenvalue weighted by atomic mass is 9.97. The van der Waals surface area contributed by atoms with Gasteiger partial charge in [0, 0.05) is 6.04 Å². The Morgan fingerprint density at radius 1 is 1.33 bits per heavy atom. The number of carbonyl (C=O) groups excluding carboxylic acids is 1. The van der Waals surface area contributed by atoms with E-state index in [-0.39, 0.29) is 12.3 Å². The van der Waals surface area contributed by atoms with E-state index in [1.54, 1.807) is 20.8 Å². The van der Waals surface area contributed by atoms with E-state index < -0.39 is 30.2 Å². The van der Waals surface area contributed by atoms with Crippen LogP contribution in [0.15, 0.2) is 0 Å². The predicted molar refractivity (Wildman–Crippen MR) is 66.6 cm³/mol. The van der Waals surface area contributed by atoms with Crippen LogP contribution in [0.1, 0.15) is 41.0 Å². The van der Waals surface area contributed by atoms with Crippen molar-refractivity contribution in [3.8, 4) is 0 Å². The van der Waals surface area contributed by atoms with Crippen molar-refractivity contribution >= 4 is 6.09 Å². The van der Waals surface area contributed by atoms with Crippen LogP contribution in [0.3, 0.4) is 0 Å². The maximum atomic E-state index is 12.4. The minimum Gasteiger partial charge on any atom is -0.444 e. The highest BCUT2D eigenvalue weighted by Crippen LogP contribution is 2.14. The van der Waals surface area contributed by atoms with Crippen LogP contribution < -0.4 is 11.1 Å². The van der Waals surface area contributed by atoms with Crippen LogP contribution in [0, 0.1) is 5.92 Å². The minimum atomic E-state index is -2.59. The Hall–Kier alpha value is -0.910. The smallest absolute Gasteiger partial charge is 0.407 e. The van der Waals surface area contributed by atoms with Crippen LogP contribution >= 0.6 is 0 Å². The largest absolute Gasteiger partial charge is 0.444 e. The standard InChI is InChI=1S/C12H24F2N2O2/c1-7(2)9(6-8(15)10(13)14)16-11(17)18-12(3,4)5/h7-10H,6,15H2,1-5H3,(H,16,17). The quantitative estimate of drug-likeness (QED) is 0.803. The van der Waals surface area contributed by atoms with Crippen molar-refractivity contribution in [3.63, 3.8) is 0 Å². The third-order valence-corrected chi connectivity index (χ3v) is 2.36. The Labute approximate surface area is 107 Å². The van der Waals surface area contributed by atoms with Gasteiger partial charge in [-0.15, -0.1) is 0 Å². The number of ether oxygens (including phenoxy) is 1. The molecule has 1 amide bonds. The van der Waals surface area contributed by atoms with E-state index in [1.807, 2.05) is 13.8 Å². The van der Waals surface area contributed by atoms with Crippen molar-refractivity contribution in [2.45, 2.75) is 65.1 Å². The molecule has 0 saturated heterocycles. The molecule has 6 heteroatoms. The van der Waals surface area contributed by atoms with Gasteiger partial charge in [0.2, 0.25) is 0 Å². The molecule has 0 aromatic rings. The van der Waals surface area contributed by atoms with Crippen LogP contribution in [0.25, 0.3) is 0 Å². The molecule has 0 bridgehead atoms. The second kappa shape index (κ2) is 6.87. The lowest BCUT2D eigenvalue weighted by molar-refractivity contribution is 0.0463. The fraction of sp³-hybridized carbons (Fsp3) is 0.917. The summed E-state index contributed by atoms with van der Waals surface area (Å²) in [5.41, 5.74) is 4.70. The first-order valence-electron chi connectivity index (χ1n) is 6.06. The number of amides is 1. The van der Waals surface area contributed by atoms with E-state index in [0.29, 0.717) is 0 Å². The molecule has 3 N–H and O–H groups in total. The number of hydrogen-bond donors (Lipinski definition) is 2. The van der Waals surface area contributed by atoms with Gasteiger partial charge in [-0.3, -0.25) is 0 Å². The van der Waals surface area contributed by atoms with Gasteiger partial charge in [0.15, 0.2) is 0 Å². The van der Waals surface area contributed by atoms with Gasteiger partial charge in [0.1, 0.15) is 5.60 Å². The lowest BCUT2D eigenvalue weighted by Crippen LogP contribution is -2.46. The van der Waals surface area contributed by atoms with E-state index in [4.69, 9.17) is 10.5 Å². The van der Waals surface area contributed by atoms with E-state index >= 15 is 0 Å². The summed E-state index contributed by atoms with van der Waals surface area (Å²) in [7, 11) is 0. The van der Waals surface area contributed by atoms with Gasteiger partial charge in [0.25, 0.3) is 6.43 Å². The van der Waals surface area contributed by atoms with Crippen molar-refractivity contribution in [2.24, 2.45) is 11.7 Å². The summed E-state index contributed by atoms with van der Waals surface area (Å²) in [6.45, 7) is 8.88. The molecule has 2 atom stereocenters. The van der Waals surface area contributed by atoms with Crippen LogP contribution in [-0.4, -0.2) is 30.2 Å². The van der Waals surface area contributed by atoms with Crippen LogP contribution in [0.4, 0.5) is 13.6 Å². The highest BCUT2D eigenvalue weighted by atomic mass is 19.3. The number of rotatable bonds is 5. The molecule has 4 nitrogen and oxygen atoms in total. The highest BCUT2D eigenvalue weighted by Gasteiger charge is 2.26. The fourth-order valence-electron chi connectivity index (χ4n) is 1.35. The highest BCUT2D eigenvalue weighted by molar-refractivity contribution is 5.68. The molecule has 0 aliphatic rings. The SMILES string of the molecule is CC(C)C(CC(N)C(F)F)NC(=O)OC(C)(C)C. The molecule has 0 aromatic heterocycles. The maximum absolute atomic E-state index is 12.4. The Bertz CT molecular complexity index is 265. The Morgan fingerprint density at radius 3 is 2.17 bits per heavy atom. The molecule has 0 aliphatic carbocycles. The zero-order chi connectivity index (χ0) is 14.5. The molecule has 0 aromatic carbocycles. The molecule has 108 valence electrons. The summed E-state index contributed by atoms with van der Waals surface area (Å²) >= 11 is 0. The molecule has 0 rings (SSSR count).